The Bertz CT molecular complexity index is 299. The first-order valence-corrected chi connectivity index (χ1v) is 3.67. The molecule has 0 bridgehead atoms. The lowest BCUT2D eigenvalue weighted by Gasteiger charge is -2.33. The lowest BCUT2D eigenvalue weighted by molar-refractivity contribution is -0.435. The highest BCUT2D eigenvalue weighted by Crippen LogP contribution is 2.53. The molecule has 0 fully saturated rings. The van der Waals surface area contributed by atoms with Gasteiger partial charge in [0.05, 0.1) is 0 Å². The standard InChI is InChI=1S/C4BF11O3/c6-1(7,3(10,11)12)2(8,9)4(13,14)17-5(18-15)19-16. The van der Waals surface area contributed by atoms with Gasteiger partial charge in [-0.3, -0.25) is 0 Å². The van der Waals surface area contributed by atoms with Crippen molar-refractivity contribution >= 4 is 7.32 Å². The third kappa shape index (κ3) is 3.20. The minimum absolute atomic E-state index is 1.97. The highest BCUT2D eigenvalue weighted by Gasteiger charge is 2.83. The van der Waals surface area contributed by atoms with Crippen LogP contribution in [0, 0.1) is 0 Å². The molecule has 0 aliphatic carbocycles. The molecule has 0 aromatic heterocycles. The molecule has 19 heavy (non-hydrogen) atoms. The number of alkyl halides is 9. The predicted octanol–water partition coefficient (Wildman–Crippen LogP) is 3.22. The molecule has 3 nitrogen and oxygen atoms in total. The monoisotopic (exact) mass is 316 g/mol. The third-order valence-electron chi connectivity index (χ3n) is 1.51. The highest BCUT2D eigenvalue weighted by atomic mass is 19.4. The zero-order chi connectivity index (χ0) is 15.7. The summed E-state index contributed by atoms with van der Waals surface area (Å²) in [6.07, 6.45) is -13.8. The minimum Gasteiger partial charge on any atom is -0.318 e. The predicted molar refractivity (Wildman–Crippen MR) is 32.1 cm³/mol. The van der Waals surface area contributed by atoms with Crippen LogP contribution in [-0.4, -0.2) is 31.5 Å². The Kier molecular flexibility index (Phi) is 5.05. The normalized spacial score (nSPS) is 14.7. The van der Waals surface area contributed by atoms with Gasteiger partial charge in [0.15, 0.2) is 0 Å². The van der Waals surface area contributed by atoms with E-state index in [0.29, 0.717) is 0 Å². The van der Waals surface area contributed by atoms with Crippen LogP contribution in [0.3, 0.4) is 0 Å². The SMILES string of the molecule is FOB(OF)OC(F)(F)C(F)(F)C(F)(F)C(F)(F)F. The Hall–Kier alpha value is -0.825. The fourth-order valence-electron chi connectivity index (χ4n) is 0.606. The summed E-state index contributed by atoms with van der Waals surface area (Å²) in [4.78, 5) is 3.94. The molecule has 0 saturated carbocycles. The van der Waals surface area contributed by atoms with Gasteiger partial charge in [0.1, 0.15) is 0 Å². The molecule has 0 heterocycles. The summed E-state index contributed by atoms with van der Waals surface area (Å²) in [6, 6.07) is 0. The largest absolute Gasteiger partial charge is 0.709 e. The molecule has 0 spiro atoms. The summed E-state index contributed by atoms with van der Waals surface area (Å²) in [6.45, 7) is 0. The van der Waals surface area contributed by atoms with Crippen LogP contribution in [0.15, 0.2) is 0 Å². The first kappa shape index (κ1) is 18.2. The van der Waals surface area contributed by atoms with Gasteiger partial charge in [-0.15, -0.1) is 0 Å². The van der Waals surface area contributed by atoms with E-state index in [4.69, 9.17) is 0 Å². The van der Waals surface area contributed by atoms with Crippen molar-refractivity contribution in [1.29, 1.82) is 0 Å². The summed E-state index contributed by atoms with van der Waals surface area (Å²) in [7, 11) is -3.90. The molecule has 0 aliphatic heterocycles. The topological polar surface area (TPSA) is 27.7 Å². The van der Waals surface area contributed by atoms with Crippen molar-refractivity contribution in [2.24, 2.45) is 0 Å². The van der Waals surface area contributed by atoms with Crippen molar-refractivity contribution < 1.29 is 62.9 Å². The van der Waals surface area contributed by atoms with Gasteiger partial charge in [0.2, 0.25) is 0 Å². The first-order valence-electron chi connectivity index (χ1n) is 3.67. The van der Waals surface area contributed by atoms with Crippen molar-refractivity contribution in [3.63, 3.8) is 0 Å². The maximum Gasteiger partial charge on any atom is 0.709 e. The van der Waals surface area contributed by atoms with E-state index in [1.807, 2.05) is 9.72 Å². The van der Waals surface area contributed by atoms with Crippen molar-refractivity contribution in [3.05, 3.63) is 0 Å². The second kappa shape index (κ2) is 5.28. The molecule has 15 heteroatoms. The Balaban J connectivity index is 5.38. The van der Waals surface area contributed by atoms with Crippen LogP contribution in [0.2, 0.25) is 0 Å². The van der Waals surface area contributed by atoms with E-state index < -0.39 is 31.5 Å². The minimum atomic E-state index is -7.26. The molecule has 0 aromatic carbocycles. The van der Waals surface area contributed by atoms with Crippen LogP contribution in [0.4, 0.5) is 48.6 Å². The average molecular weight is 316 g/mol. The fourth-order valence-corrected chi connectivity index (χ4v) is 0.606. The molecule has 0 unspecified atom stereocenters. The van der Waals surface area contributed by atoms with E-state index in [1.165, 1.54) is 0 Å². The molecular weight excluding hydrogens is 316 g/mol. The molecule has 0 N–H and O–H groups in total. The van der Waals surface area contributed by atoms with Crippen molar-refractivity contribution in [3.8, 4) is 0 Å². The van der Waals surface area contributed by atoms with Crippen molar-refractivity contribution in [2.45, 2.75) is 24.1 Å². The first-order chi connectivity index (χ1) is 8.24. The van der Waals surface area contributed by atoms with Gasteiger partial charge in [-0.1, -0.05) is 9.05 Å². The van der Waals surface area contributed by atoms with Gasteiger partial charge in [-0.05, 0) is 0 Å². The maximum atomic E-state index is 12.4. The van der Waals surface area contributed by atoms with Gasteiger partial charge in [-0.2, -0.15) is 49.2 Å². The molecule has 0 amide bonds. The van der Waals surface area contributed by atoms with Crippen molar-refractivity contribution in [1.82, 2.24) is 0 Å². The zero-order valence-corrected chi connectivity index (χ0v) is 7.96. The Morgan fingerprint density at radius 1 is 0.632 bits per heavy atom. The lowest BCUT2D eigenvalue weighted by atomic mass is 10.1. The molecular formula is C4BF11O3. The van der Waals surface area contributed by atoms with Crippen LogP contribution in [0.25, 0.3) is 0 Å². The Morgan fingerprint density at radius 2 is 1.00 bits per heavy atom. The quantitative estimate of drug-likeness (QED) is 0.556. The molecule has 0 atom stereocenters. The second-order valence-electron chi connectivity index (χ2n) is 2.75. The maximum absolute atomic E-state index is 12.4. The van der Waals surface area contributed by atoms with E-state index in [2.05, 4.69) is 4.65 Å². The van der Waals surface area contributed by atoms with Crippen LogP contribution >= 0.6 is 0 Å². The summed E-state index contributed by atoms with van der Waals surface area (Å²) in [5.74, 6) is -14.5. The molecule has 114 valence electrons. The van der Waals surface area contributed by atoms with Crippen LogP contribution in [0.5, 0.6) is 0 Å². The molecule has 0 radical (unpaired) electrons. The van der Waals surface area contributed by atoms with Gasteiger partial charge in [0, 0.05) is 0 Å². The van der Waals surface area contributed by atoms with Gasteiger partial charge < -0.3 is 4.65 Å². The smallest absolute Gasteiger partial charge is 0.318 e. The van der Waals surface area contributed by atoms with Gasteiger partial charge in [0.25, 0.3) is 0 Å². The molecule has 0 rings (SSSR count). The van der Waals surface area contributed by atoms with E-state index in [1.54, 1.807) is 0 Å². The lowest BCUT2D eigenvalue weighted by Crippen LogP contribution is -2.62. The summed E-state index contributed by atoms with van der Waals surface area (Å²) >= 11 is 0. The summed E-state index contributed by atoms with van der Waals surface area (Å²) in [5.41, 5.74) is 0. The highest BCUT2D eigenvalue weighted by molar-refractivity contribution is 6.35. The van der Waals surface area contributed by atoms with Gasteiger partial charge >= 0.3 is 31.5 Å². The number of rotatable bonds is 6. The van der Waals surface area contributed by atoms with E-state index >= 15 is 0 Å². The van der Waals surface area contributed by atoms with E-state index in [9.17, 15) is 48.6 Å². The van der Waals surface area contributed by atoms with Crippen LogP contribution in [0.1, 0.15) is 0 Å². The second-order valence-corrected chi connectivity index (χ2v) is 2.75. The Morgan fingerprint density at radius 3 is 1.26 bits per heavy atom. The van der Waals surface area contributed by atoms with E-state index in [0.717, 1.165) is 0 Å². The van der Waals surface area contributed by atoms with Crippen molar-refractivity contribution in [2.75, 3.05) is 0 Å². The fraction of sp³-hybridized carbons (Fsp3) is 1.00. The summed E-state index contributed by atoms with van der Waals surface area (Å²) in [5, 5.41) is 0. The molecule has 0 aliphatic rings. The van der Waals surface area contributed by atoms with Crippen LogP contribution in [-0.2, 0) is 14.4 Å². The van der Waals surface area contributed by atoms with E-state index in [-0.39, 0.29) is 0 Å². The van der Waals surface area contributed by atoms with Gasteiger partial charge in [-0.25, -0.2) is 0 Å². The molecule has 0 saturated heterocycles. The van der Waals surface area contributed by atoms with Crippen LogP contribution < -0.4 is 0 Å². The number of hydrogen-bond acceptors (Lipinski definition) is 3. The Labute approximate surface area is 95.7 Å². The number of hydrogen-bond donors (Lipinski definition) is 0. The molecule has 0 aromatic rings. The average Bonchev–Trinajstić information content (AvgIpc) is 2.23. The number of halogens is 11. The summed E-state index contributed by atoms with van der Waals surface area (Å²) < 4.78 is 133. The zero-order valence-electron chi connectivity index (χ0n) is 7.96. The third-order valence-corrected chi connectivity index (χ3v) is 1.51.